The van der Waals surface area contributed by atoms with Gasteiger partial charge in [0, 0.05) is 12.6 Å². The SMILES string of the molecule is Cc1cc(NC2CCCN(C)C2)c([N+](=O)[O-])cc1F. The lowest BCUT2D eigenvalue weighted by molar-refractivity contribution is -0.384. The lowest BCUT2D eigenvalue weighted by Crippen LogP contribution is -2.39. The minimum Gasteiger partial charge on any atom is -0.375 e. The summed E-state index contributed by atoms with van der Waals surface area (Å²) in [5.74, 6) is -0.544. The Bertz CT molecular complexity index is 493. The number of rotatable bonds is 3. The van der Waals surface area contributed by atoms with Crippen LogP contribution in [-0.2, 0) is 0 Å². The van der Waals surface area contributed by atoms with Gasteiger partial charge in [0.05, 0.1) is 11.0 Å². The highest BCUT2D eigenvalue weighted by atomic mass is 19.1. The molecule has 2 rings (SSSR count). The van der Waals surface area contributed by atoms with Crippen LogP contribution in [0.4, 0.5) is 15.8 Å². The summed E-state index contributed by atoms with van der Waals surface area (Å²) >= 11 is 0. The molecule has 1 atom stereocenters. The van der Waals surface area contributed by atoms with E-state index in [0.717, 1.165) is 32.0 Å². The first kappa shape index (κ1) is 13.7. The molecule has 1 aliphatic heterocycles. The molecule has 1 heterocycles. The Kier molecular flexibility index (Phi) is 3.99. The Hall–Kier alpha value is -1.69. The average Bonchev–Trinajstić information content (AvgIpc) is 2.33. The highest BCUT2D eigenvalue weighted by molar-refractivity contribution is 5.63. The first-order valence-electron chi connectivity index (χ1n) is 6.37. The molecule has 1 N–H and O–H groups in total. The van der Waals surface area contributed by atoms with Crippen molar-refractivity contribution in [3.63, 3.8) is 0 Å². The summed E-state index contributed by atoms with van der Waals surface area (Å²) < 4.78 is 13.4. The monoisotopic (exact) mass is 267 g/mol. The molecular weight excluding hydrogens is 249 g/mol. The largest absolute Gasteiger partial charge is 0.375 e. The number of hydrogen-bond acceptors (Lipinski definition) is 4. The molecule has 6 heteroatoms. The van der Waals surface area contributed by atoms with Gasteiger partial charge in [-0.3, -0.25) is 10.1 Å². The summed E-state index contributed by atoms with van der Waals surface area (Å²) in [4.78, 5) is 12.6. The van der Waals surface area contributed by atoms with Crippen molar-refractivity contribution in [3.8, 4) is 0 Å². The molecule has 0 bridgehead atoms. The van der Waals surface area contributed by atoms with Crippen LogP contribution in [0.2, 0.25) is 0 Å². The van der Waals surface area contributed by atoms with Crippen molar-refractivity contribution in [2.45, 2.75) is 25.8 Å². The molecule has 0 radical (unpaired) electrons. The van der Waals surface area contributed by atoms with Crippen LogP contribution in [0.3, 0.4) is 0 Å². The van der Waals surface area contributed by atoms with Gasteiger partial charge < -0.3 is 10.2 Å². The molecule has 0 amide bonds. The predicted octanol–water partition coefficient (Wildman–Crippen LogP) is 2.55. The summed E-state index contributed by atoms with van der Waals surface area (Å²) in [5.41, 5.74) is 0.623. The summed E-state index contributed by atoms with van der Waals surface area (Å²) in [5, 5.41) is 14.2. The van der Waals surface area contributed by atoms with Gasteiger partial charge in [-0.15, -0.1) is 0 Å². The third kappa shape index (κ3) is 3.20. The number of piperidine rings is 1. The Morgan fingerprint density at radius 1 is 1.53 bits per heavy atom. The fraction of sp³-hybridized carbons (Fsp3) is 0.538. The van der Waals surface area contributed by atoms with Crippen molar-refractivity contribution < 1.29 is 9.31 Å². The third-order valence-corrected chi connectivity index (χ3v) is 3.46. The van der Waals surface area contributed by atoms with Crippen molar-refractivity contribution in [1.29, 1.82) is 0 Å². The van der Waals surface area contributed by atoms with Gasteiger partial charge >= 0.3 is 0 Å². The number of nitrogens with zero attached hydrogens (tertiary/aromatic N) is 2. The number of nitro benzene ring substituents is 1. The van der Waals surface area contributed by atoms with Crippen molar-refractivity contribution >= 4 is 11.4 Å². The molecule has 1 saturated heterocycles. The third-order valence-electron chi connectivity index (χ3n) is 3.46. The standard InChI is InChI=1S/C13H18FN3O2/c1-9-6-12(13(17(18)19)7-11(9)14)15-10-4-3-5-16(2)8-10/h6-7,10,15H,3-5,8H2,1-2H3. The maximum atomic E-state index is 13.4. The number of nitro groups is 1. The molecule has 104 valence electrons. The summed E-state index contributed by atoms with van der Waals surface area (Å²) in [7, 11) is 2.03. The van der Waals surface area contributed by atoms with E-state index >= 15 is 0 Å². The second-order valence-corrected chi connectivity index (χ2v) is 5.12. The van der Waals surface area contributed by atoms with Gasteiger partial charge in [0.25, 0.3) is 5.69 Å². The van der Waals surface area contributed by atoms with Gasteiger partial charge in [0.2, 0.25) is 0 Å². The van der Waals surface area contributed by atoms with Gasteiger partial charge in [-0.2, -0.15) is 0 Å². The Balaban J connectivity index is 2.23. The first-order valence-corrected chi connectivity index (χ1v) is 6.37. The van der Waals surface area contributed by atoms with Gasteiger partial charge in [0.1, 0.15) is 11.5 Å². The van der Waals surface area contributed by atoms with Gasteiger partial charge in [-0.05, 0) is 45.0 Å². The van der Waals surface area contributed by atoms with Gasteiger partial charge in [-0.25, -0.2) is 4.39 Å². The van der Waals surface area contributed by atoms with Gasteiger partial charge in [0.15, 0.2) is 0 Å². The van der Waals surface area contributed by atoms with Crippen LogP contribution in [0, 0.1) is 22.9 Å². The van der Waals surface area contributed by atoms with Crippen molar-refractivity contribution in [3.05, 3.63) is 33.6 Å². The zero-order chi connectivity index (χ0) is 14.0. The molecule has 19 heavy (non-hydrogen) atoms. The molecule has 5 nitrogen and oxygen atoms in total. The van der Waals surface area contributed by atoms with E-state index in [-0.39, 0.29) is 11.7 Å². The number of likely N-dealkylation sites (N-methyl/N-ethyl adjacent to an activating group) is 1. The topological polar surface area (TPSA) is 58.4 Å². The van der Waals surface area contributed by atoms with Crippen LogP contribution in [0.25, 0.3) is 0 Å². The number of anilines is 1. The van der Waals surface area contributed by atoms with E-state index in [9.17, 15) is 14.5 Å². The Morgan fingerprint density at radius 3 is 2.89 bits per heavy atom. The minimum absolute atomic E-state index is 0.169. The van der Waals surface area contributed by atoms with E-state index in [1.165, 1.54) is 6.07 Å². The summed E-state index contributed by atoms with van der Waals surface area (Å²) in [6.45, 7) is 3.49. The number of hydrogen-bond donors (Lipinski definition) is 1. The molecule has 0 saturated carbocycles. The molecule has 0 aromatic heterocycles. The zero-order valence-corrected chi connectivity index (χ0v) is 11.1. The molecule has 0 aliphatic carbocycles. The lowest BCUT2D eigenvalue weighted by atomic mass is 10.1. The van der Waals surface area contributed by atoms with E-state index in [1.807, 2.05) is 7.05 Å². The van der Waals surface area contributed by atoms with E-state index in [2.05, 4.69) is 10.2 Å². The normalized spacial score (nSPS) is 20.3. The molecule has 1 unspecified atom stereocenters. The fourth-order valence-corrected chi connectivity index (χ4v) is 2.44. The van der Waals surface area contributed by atoms with Crippen LogP contribution in [-0.4, -0.2) is 36.0 Å². The predicted molar refractivity (Wildman–Crippen MR) is 71.9 cm³/mol. The fourth-order valence-electron chi connectivity index (χ4n) is 2.44. The van der Waals surface area contributed by atoms with Gasteiger partial charge in [-0.1, -0.05) is 0 Å². The second-order valence-electron chi connectivity index (χ2n) is 5.12. The average molecular weight is 267 g/mol. The number of nitrogens with one attached hydrogen (secondary N) is 1. The molecule has 1 aliphatic rings. The number of benzene rings is 1. The van der Waals surface area contributed by atoms with E-state index in [4.69, 9.17) is 0 Å². The molecular formula is C13H18FN3O2. The first-order chi connectivity index (χ1) is 8.97. The minimum atomic E-state index is -0.544. The molecule has 1 aromatic rings. The quantitative estimate of drug-likeness (QED) is 0.675. The summed E-state index contributed by atoms with van der Waals surface area (Å²) in [6, 6.07) is 2.68. The van der Waals surface area contributed by atoms with E-state index < -0.39 is 10.7 Å². The van der Waals surface area contributed by atoms with Crippen molar-refractivity contribution in [2.75, 3.05) is 25.5 Å². The highest BCUT2D eigenvalue weighted by Crippen LogP contribution is 2.29. The number of halogens is 1. The number of likely N-dealkylation sites (tertiary alicyclic amines) is 1. The number of aryl methyl sites for hydroxylation is 1. The van der Waals surface area contributed by atoms with Crippen LogP contribution < -0.4 is 5.32 Å². The Labute approximate surface area is 111 Å². The van der Waals surface area contributed by atoms with E-state index in [1.54, 1.807) is 6.92 Å². The van der Waals surface area contributed by atoms with E-state index in [0.29, 0.717) is 11.3 Å². The lowest BCUT2D eigenvalue weighted by Gasteiger charge is -2.30. The zero-order valence-electron chi connectivity index (χ0n) is 11.1. The van der Waals surface area contributed by atoms with Crippen molar-refractivity contribution in [1.82, 2.24) is 4.90 Å². The molecule has 1 fully saturated rings. The maximum absolute atomic E-state index is 13.4. The Morgan fingerprint density at radius 2 is 2.26 bits per heavy atom. The van der Waals surface area contributed by atoms with Crippen LogP contribution in [0.5, 0.6) is 0 Å². The maximum Gasteiger partial charge on any atom is 0.295 e. The highest BCUT2D eigenvalue weighted by Gasteiger charge is 2.22. The molecule has 1 aromatic carbocycles. The second kappa shape index (κ2) is 5.52. The van der Waals surface area contributed by atoms with Crippen LogP contribution in [0.1, 0.15) is 18.4 Å². The smallest absolute Gasteiger partial charge is 0.295 e. The molecule has 0 spiro atoms. The van der Waals surface area contributed by atoms with Crippen LogP contribution >= 0.6 is 0 Å². The van der Waals surface area contributed by atoms with Crippen molar-refractivity contribution in [2.24, 2.45) is 0 Å². The van der Waals surface area contributed by atoms with Crippen LogP contribution in [0.15, 0.2) is 12.1 Å². The summed E-state index contributed by atoms with van der Waals surface area (Å²) in [6.07, 6.45) is 2.03.